The Morgan fingerprint density at radius 3 is 2.38 bits per heavy atom. The Labute approximate surface area is 138 Å². The number of carbonyl (C=O) groups excluding carboxylic acids is 1. The number of hydrogen-bond donors (Lipinski definition) is 2. The highest BCUT2D eigenvalue weighted by molar-refractivity contribution is 9.10. The van der Waals surface area contributed by atoms with Gasteiger partial charge in [0.25, 0.3) is 11.6 Å². The summed E-state index contributed by atoms with van der Waals surface area (Å²) in [5, 5.41) is 13.6. The van der Waals surface area contributed by atoms with Crippen LogP contribution < -0.4 is 11.1 Å². The predicted octanol–water partition coefficient (Wildman–Crippen LogP) is 3.03. The summed E-state index contributed by atoms with van der Waals surface area (Å²) in [5.41, 5.74) is 5.59. The molecule has 0 spiro atoms. The molecule has 1 aromatic rings. The second-order valence-corrected chi connectivity index (χ2v) is 5.42. The SMILES string of the molecule is CCC(CC)(CN)NC(=O)c1ccc([N+](=O)[O-])cc1Br.Cl. The first kappa shape index (κ1) is 19.8. The highest BCUT2D eigenvalue weighted by Crippen LogP contribution is 2.24. The number of nitrogens with one attached hydrogen (secondary N) is 1. The smallest absolute Gasteiger partial charge is 0.270 e. The van der Waals surface area contributed by atoms with E-state index in [1.165, 1.54) is 18.2 Å². The van der Waals surface area contributed by atoms with Crippen LogP contribution in [0.4, 0.5) is 5.69 Å². The maximum atomic E-state index is 12.3. The van der Waals surface area contributed by atoms with Crippen LogP contribution in [0.15, 0.2) is 22.7 Å². The lowest BCUT2D eigenvalue weighted by Gasteiger charge is -2.31. The highest BCUT2D eigenvalue weighted by Gasteiger charge is 2.27. The number of benzene rings is 1. The molecule has 6 nitrogen and oxygen atoms in total. The van der Waals surface area contributed by atoms with Gasteiger partial charge in [0, 0.05) is 23.2 Å². The van der Waals surface area contributed by atoms with Crippen LogP contribution in [-0.4, -0.2) is 22.9 Å². The summed E-state index contributed by atoms with van der Waals surface area (Å²) in [5.74, 6) is -0.291. The van der Waals surface area contributed by atoms with Crippen molar-refractivity contribution >= 4 is 39.9 Å². The Morgan fingerprint density at radius 2 is 2.00 bits per heavy atom. The van der Waals surface area contributed by atoms with Gasteiger partial charge in [0.2, 0.25) is 0 Å². The van der Waals surface area contributed by atoms with Crippen LogP contribution in [0.5, 0.6) is 0 Å². The van der Waals surface area contributed by atoms with Gasteiger partial charge < -0.3 is 11.1 Å². The van der Waals surface area contributed by atoms with Crippen molar-refractivity contribution in [1.29, 1.82) is 0 Å². The quantitative estimate of drug-likeness (QED) is 0.585. The number of nitrogens with zero attached hydrogens (tertiary/aromatic N) is 1. The summed E-state index contributed by atoms with van der Waals surface area (Å²) < 4.78 is 0.391. The summed E-state index contributed by atoms with van der Waals surface area (Å²) >= 11 is 3.19. The van der Waals surface area contributed by atoms with Crippen molar-refractivity contribution in [1.82, 2.24) is 5.32 Å². The Bertz CT molecular complexity index is 513. The van der Waals surface area contributed by atoms with Crippen molar-refractivity contribution in [3.8, 4) is 0 Å². The van der Waals surface area contributed by atoms with E-state index in [9.17, 15) is 14.9 Å². The topological polar surface area (TPSA) is 98.3 Å². The van der Waals surface area contributed by atoms with E-state index in [0.717, 1.165) is 12.8 Å². The number of hydrogen-bond acceptors (Lipinski definition) is 4. The number of nitro groups is 1. The van der Waals surface area contributed by atoms with Crippen molar-refractivity contribution in [2.75, 3.05) is 6.54 Å². The lowest BCUT2D eigenvalue weighted by molar-refractivity contribution is -0.384. The second kappa shape index (κ2) is 8.31. The minimum Gasteiger partial charge on any atom is -0.345 e. The molecule has 3 N–H and O–H groups in total. The number of nitrogens with two attached hydrogens (primary N) is 1. The molecule has 0 heterocycles. The van der Waals surface area contributed by atoms with Crippen LogP contribution in [0.3, 0.4) is 0 Å². The summed E-state index contributed by atoms with van der Waals surface area (Å²) in [6.07, 6.45) is 1.44. The molecular weight excluding hydrogens is 362 g/mol. The van der Waals surface area contributed by atoms with Crippen LogP contribution in [0.25, 0.3) is 0 Å². The fraction of sp³-hybridized carbons (Fsp3) is 0.462. The minimum atomic E-state index is -0.505. The van der Waals surface area contributed by atoms with Gasteiger partial charge >= 0.3 is 0 Å². The van der Waals surface area contributed by atoms with Gasteiger partial charge in [0.1, 0.15) is 0 Å². The first-order valence-electron chi connectivity index (χ1n) is 6.35. The molecule has 0 aliphatic rings. The average molecular weight is 381 g/mol. The number of rotatable bonds is 6. The monoisotopic (exact) mass is 379 g/mol. The van der Waals surface area contributed by atoms with Crippen LogP contribution >= 0.6 is 28.3 Å². The number of carbonyl (C=O) groups is 1. The zero-order chi connectivity index (χ0) is 15.3. The Balaban J connectivity index is 0.00000400. The normalized spacial score (nSPS) is 10.7. The van der Waals surface area contributed by atoms with Crippen molar-refractivity contribution in [2.45, 2.75) is 32.2 Å². The second-order valence-electron chi connectivity index (χ2n) is 4.57. The van der Waals surface area contributed by atoms with Crippen molar-refractivity contribution in [3.05, 3.63) is 38.3 Å². The lowest BCUT2D eigenvalue weighted by atomic mass is 9.92. The molecule has 21 heavy (non-hydrogen) atoms. The number of non-ortho nitro benzene ring substituents is 1. The summed E-state index contributed by atoms with van der Waals surface area (Å²) in [7, 11) is 0. The van der Waals surface area contributed by atoms with E-state index >= 15 is 0 Å². The molecule has 0 fully saturated rings. The van der Waals surface area contributed by atoms with Gasteiger partial charge in [-0.3, -0.25) is 14.9 Å². The van der Waals surface area contributed by atoms with Crippen LogP contribution in [-0.2, 0) is 0 Å². The molecule has 118 valence electrons. The summed E-state index contributed by atoms with van der Waals surface area (Å²) in [4.78, 5) is 22.4. The first-order valence-corrected chi connectivity index (χ1v) is 7.15. The van der Waals surface area contributed by atoms with E-state index in [2.05, 4.69) is 21.2 Å². The van der Waals surface area contributed by atoms with E-state index in [4.69, 9.17) is 5.73 Å². The van der Waals surface area contributed by atoms with Crippen molar-refractivity contribution in [2.24, 2.45) is 5.73 Å². The van der Waals surface area contributed by atoms with Gasteiger partial charge in [-0.1, -0.05) is 13.8 Å². The number of amides is 1. The van der Waals surface area contributed by atoms with Gasteiger partial charge in [0.05, 0.1) is 16.0 Å². The summed E-state index contributed by atoms with van der Waals surface area (Å²) in [6, 6.07) is 4.06. The van der Waals surface area contributed by atoms with Crippen LogP contribution in [0.1, 0.15) is 37.0 Å². The highest BCUT2D eigenvalue weighted by atomic mass is 79.9. The molecule has 0 aromatic heterocycles. The van der Waals surface area contributed by atoms with Crippen LogP contribution in [0.2, 0.25) is 0 Å². The van der Waals surface area contributed by atoms with Gasteiger partial charge in [-0.25, -0.2) is 0 Å². The van der Waals surface area contributed by atoms with E-state index < -0.39 is 10.5 Å². The fourth-order valence-corrected chi connectivity index (χ4v) is 2.42. The zero-order valence-corrected chi connectivity index (χ0v) is 14.3. The van der Waals surface area contributed by atoms with E-state index in [-0.39, 0.29) is 24.0 Å². The predicted molar refractivity (Wildman–Crippen MR) is 87.9 cm³/mol. The summed E-state index contributed by atoms with van der Waals surface area (Å²) in [6.45, 7) is 4.26. The lowest BCUT2D eigenvalue weighted by Crippen LogP contribution is -2.52. The molecule has 0 aliphatic carbocycles. The molecule has 1 aromatic carbocycles. The first-order chi connectivity index (χ1) is 9.39. The zero-order valence-electron chi connectivity index (χ0n) is 11.9. The molecule has 0 aliphatic heterocycles. The molecule has 0 radical (unpaired) electrons. The number of nitro benzene ring substituents is 1. The fourth-order valence-electron chi connectivity index (χ4n) is 1.88. The molecule has 0 saturated heterocycles. The Kier molecular flexibility index (Phi) is 7.84. The molecule has 1 rings (SSSR count). The van der Waals surface area contributed by atoms with Gasteiger partial charge in [-0.05, 0) is 34.8 Å². The molecule has 1 amide bonds. The van der Waals surface area contributed by atoms with Gasteiger partial charge in [-0.15, -0.1) is 12.4 Å². The third-order valence-electron chi connectivity index (χ3n) is 3.53. The molecule has 0 bridgehead atoms. The van der Waals surface area contributed by atoms with E-state index in [1.807, 2.05) is 13.8 Å². The van der Waals surface area contributed by atoms with E-state index in [0.29, 0.717) is 16.6 Å². The van der Waals surface area contributed by atoms with E-state index in [1.54, 1.807) is 0 Å². The maximum Gasteiger partial charge on any atom is 0.270 e. The standard InChI is InChI=1S/C13H18BrN3O3.ClH/c1-3-13(4-2,8-15)16-12(18)10-6-5-9(17(19)20)7-11(10)14;/h5-7H,3-4,8,15H2,1-2H3,(H,16,18);1H. The Hall–Kier alpha value is -1.18. The van der Waals surface area contributed by atoms with Crippen molar-refractivity contribution in [3.63, 3.8) is 0 Å². The average Bonchev–Trinajstić information content (AvgIpc) is 2.44. The minimum absolute atomic E-state index is 0. The van der Waals surface area contributed by atoms with Gasteiger partial charge in [0.15, 0.2) is 0 Å². The number of halogens is 2. The Morgan fingerprint density at radius 1 is 1.43 bits per heavy atom. The molecule has 0 unspecified atom stereocenters. The van der Waals surface area contributed by atoms with Crippen molar-refractivity contribution < 1.29 is 9.72 Å². The largest absolute Gasteiger partial charge is 0.345 e. The molecular formula is C13H19BrClN3O3. The molecule has 0 atom stereocenters. The molecule has 8 heteroatoms. The third-order valence-corrected chi connectivity index (χ3v) is 4.19. The molecule has 0 saturated carbocycles. The third kappa shape index (κ3) is 4.66. The van der Waals surface area contributed by atoms with Gasteiger partial charge in [-0.2, -0.15) is 0 Å². The maximum absolute atomic E-state index is 12.3. The van der Waals surface area contributed by atoms with Crippen LogP contribution in [0, 0.1) is 10.1 Å².